The Morgan fingerprint density at radius 2 is 1.70 bits per heavy atom. The third-order valence-corrected chi connectivity index (χ3v) is 8.26. The molecule has 3 heterocycles. The molecule has 0 saturated carbocycles. The zero-order valence-corrected chi connectivity index (χ0v) is 24.5. The Bertz CT molecular complexity index is 1840. The lowest BCUT2D eigenvalue weighted by molar-refractivity contribution is -0.595. The summed E-state index contributed by atoms with van der Waals surface area (Å²) in [5, 5.41) is 23.9. The molecule has 0 radical (unpaired) electrons. The molecule has 1 aliphatic rings. The number of nitrogens with two attached hydrogens (primary N) is 1. The van der Waals surface area contributed by atoms with Crippen LogP contribution in [-0.4, -0.2) is 40.0 Å². The Balaban J connectivity index is 1.23. The smallest absolute Gasteiger partial charge is 0.321 e. The van der Waals surface area contributed by atoms with Crippen LogP contribution in [0.15, 0.2) is 78.9 Å². The highest BCUT2D eigenvalue weighted by atomic mass is 19.1. The van der Waals surface area contributed by atoms with Crippen LogP contribution in [0.5, 0.6) is 0 Å². The molecule has 3 aromatic carbocycles. The summed E-state index contributed by atoms with van der Waals surface area (Å²) in [6.45, 7) is 5.32. The zero-order valence-electron chi connectivity index (χ0n) is 24.5. The topological polar surface area (TPSA) is 131 Å². The SMILES string of the molecule is CC(C)C(=O)N1CCC(c2cc(-c3ccc(NC(=O)c4cccc(-c5ccc(F)cc5)[n+]4[O-])cc3)c3c(N)n[nH]c3c2)CC1. The van der Waals surface area contributed by atoms with Gasteiger partial charge in [0.2, 0.25) is 11.6 Å². The Kier molecular flexibility index (Phi) is 7.73. The van der Waals surface area contributed by atoms with Crippen molar-refractivity contribution in [3.05, 3.63) is 101 Å². The normalized spacial score (nSPS) is 13.9. The molecule has 6 rings (SSSR count). The predicted molar refractivity (Wildman–Crippen MR) is 168 cm³/mol. The van der Waals surface area contributed by atoms with Crippen LogP contribution >= 0.6 is 0 Å². The molecule has 0 unspecified atom stereocenters. The van der Waals surface area contributed by atoms with Gasteiger partial charge in [-0.15, -0.1) is 0 Å². The van der Waals surface area contributed by atoms with Gasteiger partial charge in [-0.2, -0.15) is 9.83 Å². The van der Waals surface area contributed by atoms with Crippen molar-refractivity contribution in [2.24, 2.45) is 5.92 Å². The van der Waals surface area contributed by atoms with Crippen LogP contribution in [0.25, 0.3) is 33.3 Å². The summed E-state index contributed by atoms with van der Waals surface area (Å²) in [7, 11) is 0. The summed E-state index contributed by atoms with van der Waals surface area (Å²) in [6, 6.07) is 21.7. The number of aromatic amines is 1. The first-order chi connectivity index (χ1) is 21.2. The first-order valence-electron chi connectivity index (χ1n) is 14.7. The van der Waals surface area contributed by atoms with Gasteiger partial charge in [-0.25, -0.2) is 4.39 Å². The number of piperidine rings is 1. The van der Waals surface area contributed by atoms with E-state index in [-0.39, 0.29) is 23.2 Å². The highest BCUT2D eigenvalue weighted by Gasteiger charge is 2.26. The molecule has 1 saturated heterocycles. The Hall–Kier alpha value is -5.25. The van der Waals surface area contributed by atoms with E-state index in [1.807, 2.05) is 30.9 Å². The number of carbonyl (C=O) groups is 2. The largest absolute Gasteiger partial charge is 0.618 e. The van der Waals surface area contributed by atoms with Gasteiger partial charge < -0.3 is 21.2 Å². The van der Waals surface area contributed by atoms with Crippen molar-refractivity contribution < 1.29 is 18.7 Å². The molecule has 44 heavy (non-hydrogen) atoms. The lowest BCUT2D eigenvalue weighted by Crippen LogP contribution is -2.40. The van der Waals surface area contributed by atoms with Crippen LogP contribution in [0.4, 0.5) is 15.9 Å². The highest BCUT2D eigenvalue weighted by molar-refractivity contribution is 6.04. The third-order valence-electron chi connectivity index (χ3n) is 8.26. The molecule has 0 atom stereocenters. The number of likely N-dealkylation sites (tertiary alicyclic amines) is 1. The van der Waals surface area contributed by atoms with Crippen LogP contribution in [0.2, 0.25) is 0 Å². The number of aromatic nitrogens is 3. The minimum Gasteiger partial charge on any atom is -0.618 e. The maximum absolute atomic E-state index is 13.4. The van der Waals surface area contributed by atoms with Gasteiger partial charge in [-0.1, -0.05) is 26.0 Å². The van der Waals surface area contributed by atoms with Gasteiger partial charge >= 0.3 is 5.91 Å². The van der Waals surface area contributed by atoms with Crippen molar-refractivity contribution in [1.82, 2.24) is 15.1 Å². The van der Waals surface area contributed by atoms with E-state index in [2.05, 4.69) is 27.6 Å². The lowest BCUT2D eigenvalue weighted by atomic mass is 9.86. The van der Waals surface area contributed by atoms with E-state index in [9.17, 15) is 19.2 Å². The minimum atomic E-state index is -0.567. The number of H-pyrrole nitrogens is 1. The number of nitrogens with zero attached hydrogens (tertiary/aromatic N) is 3. The van der Waals surface area contributed by atoms with E-state index in [0.29, 0.717) is 27.7 Å². The monoisotopic (exact) mass is 592 g/mol. The second-order valence-corrected chi connectivity index (χ2v) is 11.5. The van der Waals surface area contributed by atoms with Crippen LogP contribution in [0.1, 0.15) is 48.7 Å². The van der Waals surface area contributed by atoms with Gasteiger partial charge in [0.05, 0.1) is 10.9 Å². The molecule has 9 nitrogen and oxygen atoms in total. The van der Waals surface area contributed by atoms with Crippen molar-refractivity contribution >= 4 is 34.2 Å². The number of benzene rings is 3. The number of nitrogen functional groups attached to an aromatic ring is 1. The van der Waals surface area contributed by atoms with E-state index in [1.165, 1.54) is 30.3 Å². The van der Waals surface area contributed by atoms with Gasteiger partial charge in [-0.3, -0.25) is 14.7 Å². The van der Waals surface area contributed by atoms with Gasteiger partial charge in [0.25, 0.3) is 5.69 Å². The van der Waals surface area contributed by atoms with Gasteiger partial charge in [-0.05, 0) is 90.0 Å². The molecule has 1 aliphatic heterocycles. The first kappa shape index (κ1) is 28.9. The lowest BCUT2D eigenvalue weighted by Gasteiger charge is -2.33. The third kappa shape index (κ3) is 5.58. The molecule has 2 amide bonds. The molecule has 5 aromatic rings. The Labute approximate surface area is 254 Å². The summed E-state index contributed by atoms with van der Waals surface area (Å²) in [4.78, 5) is 27.5. The van der Waals surface area contributed by atoms with Crippen molar-refractivity contribution in [3.8, 4) is 22.4 Å². The molecule has 0 aliphatic carbocycles. The number of pyridine rings is 1. The molecule has 0 spiro atoms. The van der Waals surface area contributed by atoms with E-state index >= 15 is 0 Å². The van der Waals surface area contributed by atoms with Gasteiger partial charge in [0.15, 0.2) is 5.82 Å². The second-order valence-electron chi connectivity index (χ2n) is 11.5. The average molecular weight is 593 g/mol. The quantitative estimate of drug-likeness (QED) is 0.168. The summed E-state index contributed by atoms with van der Waals surface area (Å²) in [6.07, 6.45) is 1.75. The van der Waals surface area contributed by atoms with Crippen LogP contribution in [-0.2, 0) is 4.79 Å². The maximum Gasteiger partial charge on any atom is 0.321 e. The zero-order chi connectivity index (χ0) is 31.0. The summed E-state index contributed by atoms with van der Waals surface area (Å²) in [5.41, 5.74) is 11.3. The standard InChI is InChI=1S/C34H33FN6O3/c1-20(2)34(43)40-16-14-21(15-17-40)24-18-27(31-28(19-24)38-39-32(31)36)22-8-12-26(13-9-22)37-33(42)30-5-3-4-29(41(30)44)23-6-10-25(35)11-7-23/h3-13,18-21H,14-17H2,1-2H3,(H,37,42)(H3,36,38,39). The first-order valence-corrected chi connectivity index (χ1v) is 14.7. The van der Waals surface area contributed by atoms with Crippen LogP contribution in [0, 0.1) is 16.9 Å². The minimum absolute atomic E-state index is 0.0112. The number of rotatable bonds is 6. The molecule has 2 aromatic heterocycles. The summed E-state index contributed by atoms with van der Waals surface area (Å²) < 4.78 is 13.9. The number of anilines is 2. The Morgan fingerprint density at radius 3 is 2.39 bits per heavy atom. The number of hydrogen-bond acceptors (Lipinski definition) is 5. The fourth-order valence-corrected chi connectivity index (χ4v) is 5.89. The molecule has 4 N–H and O–H groups in total. The summed E-state index contributed by atoms with van der Waals surface area (Å²) in [5.74, 6) is -0.102. The van der Waals surface area contributed by atoms with Crippen molar-refractivity contribution in [2.75, 3.05) is 24.1 Å². The van der Waals surface area contributed by atoms with E-state index < -0.39 is 11.7 Å². The Morgan fingerprint density at radius 1 is 1.02 bits per heavy atom. The molecule has 1 fully saturated rings. The second kappa shape index (κ2) is 11.8. The van der Waals surface area contributed by atoms with E-state index in [0.717, 1.165) is 53.5 Å². The fraction of sp³-hybridized carbons (Fsp3) is 0.235. The molecular formula is C34H33FN6O3. The number of carbonyl (C=O) groups excluding carboxylic acids is 2. The maximum atomic E-state index is 13.4. The van der Waals surface area contributed by atoms with Crippen LogP contribution in [0.3, 0.4) is 0 Å². The summed E-state index contributed by atoms with van der Waals surface area (Å²) >= 11 is 0. The molecule has 224 valence electrons. The number of nitrogens with one attached hydrogen (secondary N) is 2. The highest BCUT2D eigenvalue weighted by Crippen LogP contribution is 2.38. The van der Waals surface area contributed by atoms with Crippen molar-refractivity contribution in [3.63, 3.8) is 0 Å². The predicted octanol–water partition coefficient (Wildman–Crippen LogP) is 5.87. The molecular weight excluding hydrogens is 559 g/mol. The van der Waals surface area contributed by atoms with E-state index in [1.54, 1.807) is 24.3 Å². The molecule has 10 heteroatoms. The van der Waals surface area contributed by atoms with Crippen LogP contribution < -0.4 is 15.8 Å². The number of halogens is 1. The number of fused-ring (bicyclic) bond motifs is 1. The van der Waals surface area contributed by atoms with E-state index in [4.69, 9.17) is 5.73 Å². The fourth-order valence-electron chi connectivity index (χ4n) is 5.89. The van der Waals surface area contributed by atoms with Gasteiger partial charge in [0, 0.05) is 42.4 Å². The average Bonchev–Trinajstić information content (AvgIpc) is 3.41. The number of hydrogen-bond donors (Lipinski definition) is 3. The molecule has 0 bridgehead atoms. The van der Waals surface area contributed by atoms with Crippen molar-refractivity contribution in [1.29, 1.82) is 0 Å². The number of amides is 2. The van der Waals surface area contributed by atoms with Gasteiger partial charge in [0.1, 0.15) is 5.82 Å². The van der Waals surface area contributed by atoms with Crippen molar-refractivity contribution in [2.45, 2.75) is 32.6 Å².